The maximum atomic E-state index is 10.8. The van der Waals surface area contributed by atoms with Gasteiger partial charge < -0.3 is 15.4 Å². The molecule has 2 heterocycles. The average Bonchev–Trinajstić information content (AvgIpc) is 2.90. The van der Waals surface area contributed by atoms with E-state index in [1.54, 1.807) is 24.3 Å². The summed E-state index contributed by atoms with van der Waals surface area (Å²) < 4.78 is 2.17. The normalized spacial score (nSPS) is 17.8. The number of aromatic carboxylic acids is 1. The monoisotopic (exact) mass is 271 g/mol. The number of hydrogen-bond acceptors (Lipinski definition) is 3. The summed E-state index contributed by atoms with van der Waals surface area (Å²) >= 11 is 0. The maximum Gasteiger partial charge on any atom is 0.335 e. The van der Waals surface area contributed by atoms with E-state index in [4.69, 9.17) is 10.8 Å². The Morgan fingerprint density at radius 1 is 1.40 bits per heavy atom. The van der Waals surface area contributed by atoms with E-state index in [1.807, 2.05) is 6.20 Å². The standard InChI is InChI=1S/C15H17N3O2/c16-8-10-5-6-18-9-13(17-14(18)7-10)11-1-3-12(4-2-11)15(19)20/h1-4,9-10H,5-8,16H2,(H,19,20). The van der Waals surface area contributed by atoms with Crippen LogP contribution < -0.4 is 5.73 Å². The first-order valence-corrected chi connectivity index (χ1v) is 6.77. The van der Waals surface area contributed by atoms with Crippen molar-refractivity contribution in [3.63, 3.8) is 0 Å². The van der Waals surface area contributed by atoms with Crippen molar-refractivity contribution in [3.8, 4) is 11.3 Å². The van der Waals surface area contributed by atoms with Gasteiger partial charge in [0.05, 0.1) is 11.3 Å². The van der Waals surface area contributed by atoms with Crippen LogP contribution in [-0.4, -0.2) is 27.2 Å². The van der Waals surface area contributed by atoms with E-state index in [0.717, 1.165) is 36.5 Å². The van der Waals surface area contributed by atoms with Crippen molar-refractivity contribution in [1.29, 1.82) is 0 Å². The highest BCUT2D eigenvalue weighted by Crippen LogP contribution is 2.25. The fourth-order valence-electron chi connectivity index (χ4n) is 2.62. The van der Waals surface area contributed by atoms with Crippen LogP contribution in [0.2, 0.25) is 0 Å². The molecule has 5 heteroatoms. The molecule has 1 aliphatic rings. The van der Waals surface area contributed by atoms with Gasteiger partial charge in [-0.15, -0.1) is 0 Å². The Kier molecular flexibility index (Phi) is 3.28. The number of carbonyl (C=O) groups is 1. The van der Waals surface area contributed by atoms with Crippen LogP contribution in [0, 0.1) is 5.92 Å². The van der Waals surface area contributed by atoms with Crippen molar-refractivity contribution in [3.05, 3.63) is 41.9 Å². The second-order valence-electron chi connectivity index (χ2n) is 5.21. The van der Waals surface area contributed by atoms with Crippen molar-refractivity contribution in [2.75, 3.05) is 6.54 Å². The highest BCUT2D eigenvalue weighted by Gasteiger charge is 2.20. The average molecular weight is 271 g/mol. The van der Waals surface area contributed by atoms with Crippen LogP contribution in [0.4, 0.5) is 0 Å². The molecule has 1 aromatic heterocycles. The molecule has 0 radical (unpaired) electrons. The number of benzene rings is 1. The predicted molar refractivity (Wildman–Crippen MR) is 75.5 cm³/mol. The van der Waals surface area contributed by atoms with E-state index < -0.39 is 5.97 Å². The molecule has 0 saturated heterocycles. The number of nitrogens with two attached hydrogens (primary N) is 1. The van der Waals surface area contributed by atoms with Gasteiger partial charge in [0, 0.05) is 24.7 Å². The lowest BCUT2D eigenvalue weighted by Crippen LogP contribution is -2.25. The minimum Gasteiger partial charge on any atom is -0.478 e. The first kappa shape index (κ1) is 12.9. The van der Waals surface area contributed by atoms with Gasteiger partial charge in [-0.3, -0.25) is 0 Å². The van der Waals surface area contributed by atoms with Crippen LogP contribution in [0.15, 0.2) is 30.5 Å². The van der Waals surface area contributed by atoms with Crippen molar-refractivity contribution in [2.24, 2.45) is 11.7 Å². The number of rotatable bonds is 3. The van der Waals surface area contributed by atoms with Gasteiger partial charge in [-0.2, -0.15) is 0 Å². The summed E-state index contributed by atoms with van der Waals surface area (Å²) in [5, 5.41) is 8.90. The third-order valence-corrected chi connectivity index (χ3v) is 3.87. The molecule has 1 unspecified atom stereocenters. The Morgan fingerprint density at radius 2 is 2.15 bits per heavy atom. The Morgan fingerprint density at radius 3 is 2.80 bits per heavy atom. The third-order valence-electron chi connectivity index (χ3n) is 3.87. The van der Waals surface area contributed by atoms with E-state index in [-0.39, 0.29) is 0 Å². The summed E-state index contributed by atoms with van der Waals surface area (Å²) in [6.07, 6.45) is 4.05. The lowest BCUT2D eigenvalue weighted by Gasteiger charge is -2.21. The molecule has 0 amide bonds. The summed E-state index contributed by atoms with van der Waals surface area (Å²) in [5.74, 6) is 0.683. The molecule has 0 bridgehead atoms. The molecular formula is C15H17N3O2. The molecular weight excluding hydrogens is 254 g/mol. The molecule has 0 spiro atoms. The van der Waals surface area contributed by atoms with E-state index in [0.29, 0.717) is 18.0 Å². The van der Waals surface area contributed by atoms with Crippen LogP contribution >= 0.6 is 0 Å². The molecule has 3 N–H and O–H groups in total. The number of carboxylic acids is 1. The number of nitrogens with zero attached hydrogens (tertiary/aromatic N) is 2. The summed E-state index contributed by atoms with van der Waals surface area (Å²) in [5.41, 5.74) is 7.87. The zero-order valence-electron chi connectivity index (χ0n) is 11.1. The van der Waals surface area contributed by atoms with Crippen LogP contribution in [0.3, 0.4) is 0 Å². The largest absolute Gasteiger partial charge is 0.478 e. The SMILES string of the molecule is NCC1CCn2cc(-c3ccc(C(=O)O)cc3)nc2C1. The zero-order valence-corrected chi connectivity index (χ0v) is 11.1. The van der Waals surface area contributed by atoms with Crippen LogP contribution in [-0.2, 0) is 13.0 Å². The van der Waals surface area contributed by atoms with Crippen LogP contribution in [0.1, 0.15) is 22.6 Å². The topological polar surface area (TPSA) is 81.1 Å². The molecule has 2 aromatic rings. The number of fused-ring (bicyclic) bond motifs is 1. The molecule has 20 heavy (non-hydrogen) atoms. The molecule has 0 aliphatic carbocycles. The molecule has 0 fully saturated rings. The molecule has 104 valence electrons. The number of hydrogen-bond donors (Lipinski definition) is 2. The molecule has 1 aliphatic heterocycles. The minimum absolute atomic E-state index is 0.293. The highest BCUT2D eigenvalue weighted by molar-refractivity contribution is 5.88. The first-order chi connectivity index (χ1) is 9.67. The highest BCUT2D eigenvalue weighted by atomic mass is 16.4. The van der Waals surface area contributed by atoms with Gasteiger partial charge in [-0.25, -0.2) is 9.78 Å². The summed E-state index contributed by atoms with van der Waals surface area (Å²) in [6.45, 7) is 1.66. The molecule has 5 nitrogen and oxygen atoms in total. The van der Waals surface area contributed by atoms with Crippen molar-refractivity contribution in [2.45, 2.75) is 19.4 Å². The Hall–Kier alpha value is -2.14. The quantitative estimate of drug-likeness (QED) is 0.891. The van der Waals surface area contributed by atoms with Gasteiger partial charge in [0.25, 0.3) is 0 Å². The van der Waals surface area contributed by atoms with Gasteiger partial charge in [0.1, 0.15) is 5.82 Å². The van der Waals surface area contributed by atoms with Crippen LogP contribution in [0.25, 0.3) is 11.3 Å². The molecule has 0 saturated carbocycles. The van der Waals surface area contributed by atoms with Gasteiger partial charge >= 0.3 is 5.97 Å². The van der Waals surface area contributed by atoms with E-state index >= 15 is 0 Å². The zero-order chi connectivity index (χ0) is 14.1. The lowest BCUT2D eigenvalue weighted by molar-refractivity contribution is 0.0697. The van der Waals surface area contributed by atoms with Crippen LogP contribution in [0.5, 0.6) is 0 Å². The fraction of sp³-hybridized carbons (Fsp3) is 0.333. The fourth-order valence-corrected chi connectivity index (χ4v) is 2.62. The van der Waals surface area contributed by atoms with Gasteiger partial charge in [0.2, 0.25) is 0 Å². The summed E-state index contributed by atoms with van der Waals surface area (Å²) in [7, 11) is 0. The maximum absolute atomic E-state index is 10.8. The van der Waals surface area contributed by atoms with Crippen molar-refractivity contribution < 1.29 is 9.90 Å². The van der Waals surface area contributed by atoms with Gasteiger partial charge in [-0.05, 0) is 31.0 Å². The van der Waals surface area contributed by atoms with Crippen molar-refractivity contribution >= 4 is 5.97 Å². The second kappa shape index (κ2) is 5.09. The Bertz CT molecular complexity index is 631. The molecule has 1 atom stereocenters. The number of aromatic nitrogens is 2. The van der Waals surface area contributed by atoms with E-state index in [2.05, 4.69) is 9.55 Å². The Labute approximate surface area is 117 Å². The minimum atomic E-state index is -0.911. The second-order valence-corrected chi connectivity index (χ2v) is 5.21. The predicted octanol–water partition coefficient (Wildman–Crippen LogP) is 1.77. The Balaban J connectivity index is 1.88. The van der Waals surface area contributed by atoms with Gasteiger partial charge in [-0.1, -0.05) is 12.1 Å². The number of imidazole rings is 1. The third kappa shape index (κ3) is 2.32. The first-order valence-electron chi connectivity index (χ1n) is 6.77. The number of aryl methyl sites for hydroxylation is 1. The number of carboxylic acid groups (broad SMARTS) is 1. The smallest absolute Gasteiger partial charge is 0.335 e. The van der Waals surface area contributed by atoms with Gasteiger partial charge in [0.15, 0.2) is 0 Å². The molecule has 1 aromatic carbocycles. The van der Waals surface area contributed by atoms with E-state index in [1.165, 1.54) is 0 Å². The van der Waals surface area contributed by atoms with E-state index in [9.17, 15) is 4.79 Å². The van der Waals surface area contributed by atoms with Crippen molar-refractivity contribution in [1.82, 2.24) is 9.55 Å². The summed E-state index contributed by atoms with van der Waals surface area (Å²) in [6, 6.07) is 6.83. The molecule has 3 rings (SSSR count). The summed E-state index contributed by atoms with van der Waals surface area (Å²) in [4.78, 5) is 15.5. The lowest BCUT2D eigenvalue weighted by atomic mass is 9.98.